The van der Waals surface area contributed by atoms with Crippen LogP contribution < -0.4 is 4.74 Å². The van der Waals surface area contributed by atoms with Crippen LogP contribution in [-0.2, 0) is 0 Å². The summed E-state index contributed by atoms with van der Waals surface area (Å²) >= 11 is 0. The summed E-state index contributed by atoms with van der Waals surface area (Å²) in [7, 11) is 1.64. The molecule has 1 fully saturated rings. The van der Waals surface area contributed by atoms with Crippen LogP contribution in [0.2, 0.25) is 0 Å². The van der Waals surface area contributed by atoms with Gasteiger partial charge >= 0.3 is 0 Å². The van der Waals surface area contributed by atoms with Gasteiger partial charge in [0.25, 0.3) is 5.91 Å². The average molecular weight is 285 g/mol. The molecule has 0 spiro atoms. The molecular formula is C16H19N3O2. The molecule has 1 atom stereocenters. The van der Waals surface area contributed by atoms with Crippen LogP contribution in [0, 0.1) is 6.92 Å². The Morgan fingerprint density at radius 3 is 3.00 bits per heavy atom. The molecule has 5 heteroatoms. The topological polar surface area (TPSA) is 58.2 Å². The van der Waals surface area contributed by atoms with Crippen molar-refractivity contribution in [3.8, 4) is 5.75 Å². The number of hydrogen-bond acceptors (Lipinski definition) is 3. The fourth-order valence-electron chi connectivity index (χ4n) is 2.83. The first-order chi connectivity index (χ1) is 10.2. The lowest BCUT2D eigenvalue weighted by Crippen LogP contribution is -2.28. The van der Waals surface area contributed by atoms with Crippen molar-refractivity contribution in [1.29, 1.82) is 0 Å². The van der Waals surface area contributed by atoms with E-state index in [1.54, 1.807) is 19.5 Å². The van der Waals surface area contributed by atoms with Crippen LogP contribution in [0.25, 0.3) is 0 Å². The molecule has 0 aliphatic carbocycles. The number of aryl methyl sites for hydroxylation is 1. The lowest BCUT2D eigenvalue weighted by molar-refractivity contribution is 0.0790. The highest BCUT2D eigenvalue weighted by Gasteiger charge is 2.29. The van der Waals surface area contributed by atoms with Gasteiger partial charge in [0.15, 0.2) is 0 Å². The van der Waals surface area contributed by atoms with Crippen molar-refractivity contribution < 1.29 is 9.53 Å². The fourth-order valence-corrected chi connectivity index (χ4v) is 2.83. The summed E-state index contributed by atoms with van der Waals surface area (Å²) in [5.41, 5.74) is 2.89. The van der Waals surface area contributed by atoms with Gasteiger partial charge in [0.2, 0.25) is 0 Å². The Kier molecular flexibility index (Phi) is 3.64. The maximum atomic E-state index is 12.5. The van der Waals surface area contributed by atoms with E-state index in [1.807, 2.05) is 30.3 Å². The molecule has 0 saturated carbocycles. The predicted octanol–water partition coefficient (Wildman–Crippen LogP) is 2.36. The van der Waals surface area contributed by atoms with Crippen LogP contribution in [-0.4, -0.2) is 41.0 Å². The molecule has 0 aromatic carbocycles. The fraction of sp³-hybridized carbons (Fsp3) is 0.375. The second-order valence-electron chi connectivity index (χ2n) is 5.45. The number of carbonyl (C=O) groups excluding carboxylic acids is 1. The zero-order valence-corrected chi connectivity index (χ0v) is 12.3. The Balaban J connectivity index is 1.73. The van der Waals surface area contributed by atoms with E-state index < -0.39 is 0 Å². The maximum absolute atomic E-state index is 12.5. The first kappa shape index (κ1) is 13.7. The van der Waals surface area contributed by atoms with Crippen LogP contribution in [0.1, 0.15) is 33.8 Å². The zero-order valence-electron chi connectivity index (χ0n) is 12.3. The van der Waals surface area contributed by atoms with Crippen molar-refractivity contribution in [2.24, 2.45) is 0 Å². The van der Waals surface area contributed by atoms with Crippen molar-refractivity contribution >= 4 is 5.91 Å². The number of carbonyl (C=O) groups is 1. The van der Waals surface area contributed by atoms with E-state index in [1.165, 1.54) is 0 Å². The minimum atomic E-state index is 0.104. The van der Waals surface area contributed by atoms with Gasteiger partial charge in [-0.2, -0.15) is 0 Å². The van der Waals surface area contributed by atoms with Crippen molar-refractivity contribution in [2.75, 3.05) is 20.2 Å². The van der Waals surface area contributed by atoms with Gasteiger partial charge in [-0.3, -0.25) is 9.78 Å². The summed E-state index contributed by atoms with van der Waals surface area (Å²) in [6.07, 6.45) is 8.15. The number of hydrogen-bond donors (Lipinski definition) is 1. The molecule has 3 rings (SSSR count). The zero-order chi connectivity index (χ0) is 14.8. The number of pyridine rings is 1. The first-order valence-electron chi connectivity index (χ1n) is 7.10. The standard InChI is InChI=1S/C16H19N3O2/c1-11-6-17-9-15(11)16(20)19-4-3-12(10-19)13-5-14(21-2)8-18-7-13/h5-9,12,17H,3-4,10H2,1-2H3. The molecule has 5 nitrogen and oxygen atoms in total. The SMILES string of the molecule is COc1cncc(C2CCN(C(=O)c3c[nH]cc3C)C2)c1. The molecule has 21 heavy (non-hydrogen) atoms. The smallest absolute Gasteiger partial charge is 0.255 e. The highest BCUT2D eigenvalue weighted by molar-refractivity contribution is 5.95. The van der Waals surface area contributed by atoms with Gasteiger partial charge in [-0.05, 0) is 30.5 Å². The minimum absolute atomic E-state index is 0.104. The molecule has 1 saturated heterocycles. The summed E-state index contributed by atoms with van der Waals surface area (Å²) in [6.45, 7) is 3.47. The molecule has 0 radical (unpaired) electrons. The van der Waals surface area contributed by atoms with Crippen LogP contribution in [0.3, 0.4) is 0 Å². The molecule has 110 valence electrons. The summed E-state index contributed by atoms with van der Waals surface area (Å²) in [5, 5.41) is 0. The lowest BCUT2D eigenvalue weighted by atomic mass is 10.0. The Labute approximate surface area is 124 Å². The highest BCUT2D eigenvalue weighted by atomic mass is 16.5. The number of amides is 1. The minimum Gasteiger partial charge on any atom is -0.495 e. The van der Waals surface area contributed by atoms with Crippen molar-refractivity contribution in [1.82, 2.24) is 14.9 Å². The molecule has 2 aromatic heterocycles. The largest absolute Gasteiger partial charge is 0.495 e. The van der Waals surface area contributed by atoms with E-state index in [4.69, 9.17) is 4.74 Å². The third kappa shape index (κ3) is 2.63. The van der Waals surface area contributed by atoms with Gasteiger partial charge in [-0.25, -0.2) is 0 Å². The molecule has 2 aromatic rings. The Morgan fingerprint density at radius 2 is 2.29 bits per heavy atom. The summed E-state index contributed by atoms with van der Waals surface area (Å²) in [6, 6.07) is 2.01. The molecule has 1 aliphatic heterocycles. The van der Waals surface area contributed by atoms with E-state index in [0.717, 1.165) is 42.0 Å². The molecular weight excluding hydrogens is 266 g/mol. The van der Waals surface area contributed by atoms with Gasteiger partial charge in [0.1, 0.15) is 5.75 Å². The first-order valence-corrected chi connectivity index (χ1v) is 7.10. The quantitative estimate of drug-likeness (QED) is 0.941. The van der Waals surface area contributed by atoms with Crippen molar-refractivity contribution in [2.45, 2.75) is 19.3 Å². The number of aromatic amines is 1. The normalized spacial score (nSPS) is 18.0. The van der Waals surface area contributed by atoms with Crippen LogP contribution in [0.5, 0.6) is 5.75 Å². The van der Waals surface area contributed by atoms with Crippen LogP contribution >= 0.6 is 0 Å². The van der Waals surface area contributed by atoms with Crippen LogP contribution in [0.4, 0.5) is 0 Å². The summed E-state index contributed by atoms with van der Waals surface area (Å²) in [4.78, 5) is 21.6. The van der Waals surface area contributed by atoms with Gasteiger partial charge in [0.05, 0.1) is 18.9 Å². The number of methoxy groups -OCH3 is 1. The molecule has 1 N–H and O–H groups in total. The molecule has 1 aliphatic rings. The van der Waals surface area contributed by atoms with E-state index in [2.05, 4.69) is 9.97 Å². The molecule has 0 bridgehead atoms. The van der Waals surface area contributed by atoms with E-state index >= 15 is 0 Å². The molecule has 1 unspecified atom stereocenters. The highest BCUT2D eigenvalue weighted by Crippen LogP contribution is 2.29. The molecule has 3 heterocycles. The lowest BCUT2D eigenvalue weighted by Gasteiger charge is -2.16. The average Bonchev–Trinajstić information content (AvgIpc) is 3.15. The van der Waals surface area contributed by atoms with E-state index in [9.17, 15) is 4.79 Å². The van der Waals surface area contributed by atoms with Gasteiger partial charge in [0, 0.05) is 37.6 Å². The summed E-state index contributed by atoms with van der Waals surface area (Å²) in [5.74, 6) is 1.20. The second kappa shape index (κ2) is 5.60. The monoisotopic (exact) mass is 285 g/mol. The van der Waals surface area contributed by atoms with Gasteiger partial charge in [-0.1, -0.05) is 0 Å². The maximum Gasteiger partial charge on any atom is 0.255 e. The van der Waals surface area contributed by atoms with E-state index in [0.29, 0.717) is 5.92 Å². The number of ether oxygens (including phenoxy) is 1. The Morgan fingerprint density at radius 1 is 1.43 bits per heavy atom. The van der Waals surface area contributed by atoms with E-state index in [-0.39, 0.29) is 5.91 Å². The number of aromatic nitrogens is 2. The Bertz CT molecular complexity index is 650. The third-order valence-corrected chi connectivity index (χ3v) is 4.10. The number of likely N-dealkylation sites (tertiary alicyclic amines) is 1. The van der Waals surface area contributed by atoms with Gasteiger partial charge in [-0.15, -0.1) is 0 Å². The van der Waals surface area contributed by atoms with Crippen molar-refractivity contribution in [3.63, 3.8) is 0 Å². The number of nitrogens with one attached hydrogen (secondary N) is 1. The summed E-state index contributed by atoms with van der Waals surface area (Å²) < 4.78 is 5.22. The molecule has 1 amide bonds. The van der Waals surface area contributed by atoms with Gasteiger partial charge < -0.3 is 14.6 Å². The second-order valence-corrected chi connectivity index (χ2v) is 5.45. The van der Waals surface area contributed by atoms with Crippen molar-refractivity contribution in [3.05, 3.63) is 47.5 Å². The number of nitrogens with zero attached hydrogens (tertiary/aromatic N) is 2. The third-order valence-electron chi connectivity index (χ3n) is 4.10. The number of rotatable bonds is 3. The van der Waals surface area contributed by atoms with Crippen LogP contribution in [0.15, 0.2) is 30.9 Å². The predicted molar refractivity (Wildman–Crippen MR) is 79.6 cm³/mol. The Hall–Kier alpha value is -2.30. The number of H-pyrrole nitrogens is 1.